The van der Waals surface area contributed by atoms with Crippen LogP contribution in [0.3, 0.4) is 0 Å². The number of nitrogens with zero attached hydrogens (tertiary/aromatic N) is 1. The highest BCUT2D eigenvalue weighted by atomic mass is 32.2. The van der Waals surface area contributed by atoms with Crippen LogP contribution in [0.2, 0.25) is 0 Å². The summed E-state index contributed by atoms with van der Waals surface area (Å²) in [6, 6.07) is 0. The molecule has 0 bridgehead atoms. The predicted octanol–water partition coefficient (Wildman–Crippen LogP) is 1.12. The van der Waals surface area contributed by atoms with Gasteiger partial charge in [0.2, 0.25) is 10.0 Å². The molecule has 84 valence electrons. The molecule has 0 aromatic carbocycles. The zero-order chi connectivity index (χ0) is 11.4. The van der Waals surface area contributed by atoms with Crippen LogP contribution in [0.5, 0.6) is 0 Å². The Morgan fingerprint density at radius 1 is 1.64 bits per heavy atom. The first-order chi connectivity index (χ1) is 6.27. The highest BCUT2D eigenvalue weighted by molar-refractivity contribution is 7.99. The fourth-order valence-electron chi connectivity index (χ4n) is 0.686. The van der Waals surface area contributed by atoms with Gasteiger partial charge in [-0.3, -0.25) is 0 Å². The van der Waals surface area contributed by atoms with E-state index in [0.717, 1.165) is 6.26 Å². The maximum Gasteiger partial charge on any atom is 0.211 e. The second kappa shape index (κ2) is 5.63. The van der Waals surface area contributed by atoms with Crippen LogP contribution in [-0.4, -0.2) is 44.3 Å². The standard InChI is InChI=1S/C8H17NO3S2/c1-7(12-8(2)13-4)6-9(3)14(5,10)11/h8H,1,6H2,2-5H3/t8-/m1/s1. The van der Waals surface area contributed by atoms with Crippen LogP contribution in [0, 0.1) is 0 Å². The summed E-state index contributed by atoms with van der Waals surface area (Å²) in [7, 11) is -1.66. The molecule has 4 nitrogen and oxygen atoms in total. The van der Waals surface area contributed by atoms with Crippen molar-refractivity contribution in [3.05, 3.63) is 12.3 Å². The van der Waals surface area contributed by atoms with Gasteiger partial charge in [0, 0.05) is 7.05 Å². The lowest BCUT2D eigenvalue weighted by Gasteiger charge is -2.18. The molecule has 1 atom stereocenters. The summed E-state index contributed by atoms with van der Waals surface area (Å²) >= 11 is 1.54. The molecular weight excluding hydrogens is 222 g/mol. The second-order valence-corrected chi connectivity index (χ2v) is 6.20. The second-order valence-electron chi connectivity index (χ2n) is 2.98. The van der Waals surface area contributed by atoms with Gasteiger partial charge in [-0.1, -0.05) is 6.58 Å². The fraction of sp³-hybridized carbons (Fsp3) is 0.750. The molecule has 0 saturated heterocycles. The van der Waals surface area contributed by atoms with Crippen molar-refractivity contribution < 1.29 is 13.2 Å². The molecule has 0 radical (unpaired) electrons. The molecule has 0 saturated carbocycles. The maximum atomic E-state index is 11.0. The monoisotopic (exact) mass is 239 g/mol. The van der Waals surface area contributed by atoms with E-state index >= 15 is 0 Å². The summed E-state index contributed by atoms with van der Waals surface area (Å²) in [5, 5.41) is 0. The van der Waals surface area contributed by atoms with Crippen LogP contribution < -0.4 is 0 Å². The van der Waals surface area contributed by atoms with Gasteiger partial charge in [-0.25, -0.2) is 8.42 Å². The number of likely N-dealkylation sites (N-methyl/N-ethyl adjacent to an activating group) is 1. The Labute approximate surface area is 90.4 Å². The number of rotatable bonds is 6. The van der Waals surface area contributed by atoms with Gasteiger partial charge >= 0.3 is 0 Å². The van der Waals surface area contributed by atoms with E-state index in [9.17, 15) is 8.42 Å². The molecule has 0 aromatic rings. The lowest BCUT2D eigenvalue weighted by molar-refractivity contribution is 0.188. The van der Waals surface area contributed by atoms with Gasteiger partial charge in [-0.2, -0.15) is 4.31 Å². The predicted molar refractivity (Wildman–Crippen MR) is 60.7 cm³/mol. The average Bonchev–Trinajstić information content (AvgIpc) is 2.02. The first-order valence-electron chi connectivity index (χ1n) is 4.06. The molecule has 0 fully saturated rings. The molecule has 0 spiro atoms. The van der Waals surface area contributed by atoms with Crippen molar-refractivity contribution in [2.24, 2.45) is 0 Å². The van der Waals surface area contributed by atoms with Crippen LogP contribution in [0.1, 0.15) is 6.92 Å². The number of ether oxygens (including phenoxy) is 1. The molecule has 14 heavy (non-hydrogen) atoms. The first-order valence-corrected chi connectivity index (χ1v) is 7.19. The molecule has 0 heterocycles. The summed E-state index contributed by atoms with van der Waals surface area (Å²) in [4.78, 5) is 0. The third-order valence-corrected chi connectivity index (χ3v) is 3.65. The first kappa shape index (κ1) is 13.8. The highest BCUT2D eigenvalue weighted by Crippen LogP contribution is 2.12. The van der Waals surface area contributed by atoms with E-state index in [1.54, 1.807) is 0 Å². The SMILES string of the molecule is C=C(CN(C)S(C)(=O)=O)O[C@@H](C)SC. The lowest BCUT2D eigenvalue weighted by atomic mass is 10.5. The molecule has 0 aliphatic rings. The van der Waals surface area contributed by atoms with E-state index in [2.05, 4.69) is 6.58 Å². The van der Waals surface area contributed by atoms with E-state index in [1.807, 2.05) is 13.2 Å². The van der Waals surface area contributed by atoms with Crippen molar-refractivity contribution in [1.29, 1.82) is 0 Å². The van der Waals surface area contributed by atoms with Crippen molar-refractivity contribution >= 4 is 21.8 Å². The zero-order valence-corrected chi connectivity index (χ0v) is 10.6. The van der Waals surface area contributed by atoms with Crippen LogP contribution in [-0.2, 0) is 14.8 Å². The van der Waals surface area contributed by atoms with Crippen molar-refractivity contribution in [3.63, 3.8) is 0 Å². The molecule has 0 rings (SSSR count). The van der Waals surface area contributed by atoms with Gasteiger partial charge < -0.3 is 4.74 Å². The van der Waals surface area contributed by atoms with E-state index in [4.69, 9.17) is 4.74 Å². The molecule has 0 aliphatic heterocycles. The van der Waals surface area contributed by atoms with Crippen molar-refractivity contribution in [1.82, 2.24) is 4.31 Å². The summed E-state index contributed by atoms with van der Waals surface area (Å²) < 4.78 is 28.6. The van der Waals surface area contributed by atoms with Crippen molar-refractivity contribution in [2.75, 3.05) is 26.1 Å². The molecule has 0 aromatic heterocycles. The number of sulfonamides is 1. The fourth-order valence-corrected chi connectivity index (χ4v) is 1.30. The highest BCUT2D eigenvalue weighted by Gasteiger charge is 2.13. The number of thioether (sulfide) groups is 1. The molecule has 0 unspecified atom stereocenters. The number of hydrogen-bond acceptors (Lipinski definition) is 4. The van der Waals surface area contributed by atoms with E-state index in [0.29, 0.717) is 5.76 Å². The Balaban J connectivity index is 4.08. The minimum absolute atomic E-state index is 0.00420. The summed E-state index contributed by atoms with van der Waals surface area (Å²) in [5.41, 5.74) is -0.00420. The van der Waals surface area contributed by atoms with Gasteiger partial charge in [0.25, 0.3) is 0 Å². The quantitative estimate of drug-likeness (QED) is 0.515. The van der Waals surface area contributed by atoms with Crippen LogP contribution >= 0.6 is 11.8 Å². The summed E-state index contributed by atoms with van der Waals surface area (Å²) in [5.74, 6) is 0.458. The molecule has 6 heteroatoms. The third-order valence-electron chi connectivity index (χ3n) is 1.63. The Morgan fingerprint density at radius 3 is 2.50 bits per heavy atom. The van der Waals surface area contributed by atoms with E-state index < -0.39 is 10.0 Å². The average molecular weight is 239 g/mol. The van der Waals surface area contributed by atoms with Gasteiger partial charge in [0.15, 0.2) is 0 Å². The normalized spacial score (nSPS) is 14.1. The van der Waals surface area contributed by atoms with E-state index in [1.165, 1.54) is 23.1 Å². The van der Waals surface area contributed by atoms with Crippen LogP contribution in [0.15, 0.2) is 12.3 Å². The minimum atomic E-state index is -3.15. The smallest absolute Gasteiger partial charge is 0.211 e. The summed E-state index contributed by atoms with van der Waals surface area (Å²) in [6.07, 6.45) is 3.07. The molecular formula is C8H17NO3S2. The van der Waals surface area contributed by atoms with Gasteiger partial charge in [-0.05, 0) is 13.2 Å². The Hall–Kier alpha value is -0.200. The Bertz CT molecular complexity index is 287. The van der Waals surface area contributed by atoms with Crippen molar-refractivity contribution in [3.8, 4) is 0 Å². The van der Waals surface area contributed by atoms with Crippen LogP contribution in [0.4, 0.5) is 0 Å². The minimum Gasteiger partial charge on any atom is -0.484 e. The number of hydrogen-bond donors (Lipinski definition) is 0. The van der Waals surface area contributed by atoms with Gasteiger partial charge in [0.1, 0.15) is 11.2 Å². The molecule has 0 N–H and O–H groups in total. The molecule has 0 amide bonds. The lowest BCUT2D eigenvalue weighted by Crippen LogP contribution is -2.28. The van der Waals surface area contributed by atoms with Gasteiger partial charge in [-0.15, -0.1) is 11.8 Å². The summed E-state index contributed by atoms with van der Waals surface area (Å²) in [6.45, 7) is 5.74. The van der Waals surface area contributed by atoms with Crippen LogP contribution in [0.25, 0.3) is 0 Å². The van der Waals surface area contributed by atoms with Gasteiger partial charge in [0.05, 0.1) is 12.8 Å². The topological polar surface area (TPSA) is 46.6 Å². The Morgan fingerprint density at radius 2 is 2.14 bits per heavy atom. The Kier molecular flexibility index (Phi) is 5.54. The zero-order valence-electron chi connectivity index (χ0n) is 8.98. The largest absolute Gasteiger partial charge is 0.484 e. The third kappa shape index (κ3) is 5.51. The molecule has 0 aliphatic carbocycles. The van der Waals surface area contributed by atoms with E-state index in [-0.39, 0.29) is 12.0 Å². The maximum absolute atomic E-state index is 11.0. The van der Waals surface area contributed by atoms with Crippen molar-refractivity contribution in [2.45, 2.75) is 12.4 Å².